The second-order valence-electron chi connectivity index (χ2n) is 5.95. The summed E-state index contributed by atoms with van der Waals surface area (Å²) in [5, 5.41) is 11.6. The lowest BCUT2D eigenvalue weighted by molar-refractivity contribution is -0.122. The Morgan fingerprint density at radius 2 is 2.00 bits per heavy atom. The lowest BCUT2D eigenvalue weighted by atomic mass is 9.91. The zero-order valence-electron chi connectivity index (χ0n) is 14.0. The first-order valence-electron chi connectivity index (χ1n) is 7.78. The lowest BCUT2D eigenvalue weighted by Crippen LogP contribution is -2.53. The van der Waals surface area contributed by atoms with Gasteiger partial charge in [-0.25, -0.2) is 0 Å². The van der Waals surface area contributed by atoms with Gasteiger partial charge in [-0.2, -0.15) is 0 Å². The molecule has 0 aromatic heterocycles. The number of rotatable bonds is 2. The van der Waals surface area contributed by atoms with E-state index in [9.17, 15) is 0 Å². The van der Waals surface area contributed by atoms with Gasteiger partial charge in [0.25, 0.3) is 6.47 Å². The van der Waals surface area contributed by atoms with Crippen molar-refractivity contribution in [1.29, 1.82) is 0 Å². The van der Waals surface area contributed by atoms with Crippen LogP contribution in [0.5, 0.6) is 0 Å². The van der Waals surface area contributed by atoms with Crippen LogP contribution < -0.4 is 11.1 Å². The van der Waals surface area contributed by atoms with E-state index < -0.39 is 5.60 Å². The van der Waals surface area contributed by atoms with Crippen LogP contribution in [0.1, 0.15) is 12.5 Å². The number of hydrogen-bond acceptors (Lipinski definition) is 4. The van der Waals surface area contributed by atoms with E-state index in [4.69, 9.17) is 55.2 Å². The van der Waals surface area contributed by atoms with E-state index in [2.05, 4.69) is 5.32 Å². The molecule has 3 rings (SSSR count). The number of nitrogens with one attached hydrogen (secondary N) is 1. The number of carboxylic acid groups (broad SMARTS) is 1. The van der Waals surface area contributed by atoms with Crippen LogP contribution in [-0.4, -0.2) is 30.9 Å². The molecule has 1 aliphatic rings. The summed E-state index contributed by atoms with van der Waals surface area (Å²) in [5.74, 6) is 0. The van der Waals surface area contributed by atoms with Crippen LogP contribution in [-0.2, 0) is 15.1 Å². The number of morpholine rings is 1. The Hall–Kier alpha value is -1.34. The smallest absolute Gasteiger partial charge is 0.290 e. The molecule has 5 nitrogen and oxygen atoms in total. The molecule has 8 heteroatoms. The van der Waals surface area contributed by atoms with Crippen LogP contribution >= 0.6 is 34.8 Å². The number of halogens is 3. The first-order valence-corrected chi connectivity index (χ1v) is 8.91. The Labute approximate surface area is 167 Å². The molecule has 0 aliphatic carbocycles. The second-order valence-corrected chi connectivity index (χ2v) is 7.18. The summed E-state index contributed by atoms with van der Waals surface area (Å²) in [7, 11) is 0. The highest BCUT2D eigenvalue weighted by molar-refractivity contribution is 6.45. The van der Waals surface area contributed by atoms with Crippen molar-refractivity contribution in [3.8, 4) is 11.1 Å². The number of benzene rings is 2. The molecule has 140 valence electrons. The van der Waals surface area contributed by atoms with Gasteiger partial charge in [-0.15, -0.1) is 0 Å². The van der Waals surface area contributed by atoms with Crippen molar-refractivity contribution >= 4 is 41.3 Å². The molecule has 2 atom stereocenters. The Morgan fingerprint density at radius 3 is 2.65 bits per heavy atom. The Bertz CT molecular complexity index is 788. The van der Waals surface area contributed by atoms with Crippen molar-refractivity contribution in [3.63, 3.8) is 0 Å². The summed E-state index contributed by atoms with van der Waals surface area (Å²) in [6, 6.07) is 11.4. The summed E-state index contributed by atoms with van der Waals surface area (Å²) in [6.07, 6.45) is -0.332. The van der Waals surface area contributed by atoms with E-state index in [0.29, 0.717) is 28.2 Å². The van der Waals surface area contributed by atoms with E-state index in [0.717, 1.165) is 16.7 Å². The molecular weight excluding hydrogens is 399 g/mol. The minimum absolute atomic E-state index is 0.250. The third-order valence-corrected chi connectivity index (χ3v) is 5.02. The van der Waals surface area contributed by atoms with Crippen LogP contribution in [0.3, 0.4) is 0 Å². The van der Waals surface area contributed by atoms with Crippen LogP contribution in [0, 0.1) is 0 Å². The molecule has 1 aliphatic heterocycles. The van der Waals surface area contributed by atoms with Crippen LogP contribution in [0.25, 0.3) is 11.1 Å². The van der Waals surface area contributed by atoms with Crippen LogP contribution in [0.15, 0.2) is 36.4 Å². The molecule has 1 fully saturated rings. The summed E-state index contributed by atoms with van der Waals surface area (Å²) >= 11 is 18.6. The quantitative estimate of drug-likeness (QED) is 0.505. The third-order valence-electron chi connectivity index (χ3n) is 4.00. The normalized spacial score (nSPS) is 22.3. The first-order chi connectivity index (χ1) is 12.3. The topological polar surface area (TPSA) is 84.6 Å². The molecule has 0 amide bonds. The molecule has 2 aromatic rings. The van der Waals surface area contributed by atoms with E-state index in [-0.39, 0.29) is 12.7 Å². The van der Waals surface area contributed by atoms with Gasteiger partial charge in [0.1, 0.15) is 11.8 Å². The fourth-order valence-corrected chi connectivity index (χ4v) is 3.53. The minimum Gasteiger partial charge on any atom is -0.483 e. The fourth-order valence-electron chi connectivity index (χ4n) is 2.82. The van der Waals surface area contributed by atoms with Gasteiger partial charge < -0.3 is 20.9 Å². The summed E-state index contributed by atoms with van der Waals surface area (Å²) in [4.78, 5) is 8.36. The first kappa shape index (κ1) is 21.0. The van der Waals surface area contributed by atoms with Gasteiger partial charge >= 0.3 is 0 Å². The molecule has 0 spiro atoms. The SMILES string of the molecule is CC1(c2cccc(-c3cc(Cl)cc(Cl)c3Cl)c2)CNCC(N)O1.O=CO. The Balaban J connectivity index is 0.000000758. The van der Waals surface area contributed by atoms with Gasteiger partial charge in [0.15, 0.2) is 0 Å². The van der Waals surface area contributed by atoms with Crippen LogP contribution in [0.4, 0.5) is 0 Å². The predicted octanol–water partition coefficient (Wildman–Crippen LogP) is 4.13. The summed E-state index contributed by atoms with van der Waals surface area (Å²) in [6.45, 7) is 3.10. The van der Waals surface area contributed by atoms with Crippen molar-refractivity contribution in [3.05, 3.63) is 57.0 Å². The number of carbonyl (C=O) groups is 1. The maximum atomic E-state index is 8.36. The van der Waals surface area contributed by atoms with Gasteiger partial charge in [0.2, 0.25) is 0 Å². The van der Waals surface area contributed by atoms with Crippen molar-refractivity contribution in [2.75, 3.05) is 13.1 Å². The molecule has 0 saturated carbocycles. The monoisotopic (exact) mass is 416 g/mol. The molecule has 1 heterocycles. The lowest BCUT2D eigenvalue weighted by Gasteiger charge is -2.38. The average molecular weight is 418 g/mol. The van der Waals surface area contributed by atoms with Crippen molar-refractivity contribution in [1.82, 2.24) is 5.32 Å². The molecule has 0 radical (unpaired) electrons. The maximum Gasteiger partial charge on any atom is 0.290 e. The average Bonchev–Trinajstić information content (AvgIpc) is 2.59. The number of nitrogens with two attached hydrogens (primary N) is 1. The van der Waals surface area contributed by atoms with Crippen molar-refractivity contribution in [2.45, 2.75) is 18.8 Å². The largest absolute Gasteiger partial charge is 0.483 e. The van der Waals surface area contributed by atoms with E-state index in [1.165, 1.54) is 0 Å². The summed E-state index contributed by atoms with van der Waals surface area (Å²) in [5.41, 5.74) is 8.17. The van der Waals surface area contributed by atoms with E-state index in [1.54, 1.807) is 6.07 Å². The Kier molecular flexibility index (Phi) is 7.29. The van der Waals surface area contributed by atoms with Gasteiger partial charge in [0.05, 0.1) is 10.0 Å². The molecular formula is C18H19Cl3N2O3. The number of hydrogen-bond donors (Lipinski definition) is 3. The molecule has 1 saturated heterocycles. The van der Waals surface area contributed by atoms with Gasteiger partial charge in [-0.1, -0.05) is 53.0 Å². The highest BCUT2D eigenvalue weighted by atomic mass is 35.5. The standard InChI is InChI=1S/C17H17Cl3N2O.CH2O2/c1-17(9-22-8-15(21)23-17)11-4-2-3-10(5-11)13-6-12(18)7-14(19)16(13)20;2-1-3/h2-7,15,22H,8-9,21H2,1H3;1H,(H,2,3). The van der Waals surface area contributed by atoms with Gasteiger partial charge in [-0.3, -0.25) is 4.79 Å². The second kappa shape index (κ2) is 9.04. The predicted molar refractivity (Wildman–Crippen MR) is 105 cm³/mol. The fraction of sp³-hybridized carbons (Fsp3) is 0.278. The van der Waals surface area contributed by atoms with Gasteiger partial charge in [-0.05, 0) is 36.2 Å². The van der Waals surface area contributed by atoms with Gasteiger partial charge in [0, 0.05) is 23.7 Å². The van der Waals surface area contributed by atoms with E-state index in [1.807, 2.05) is 37.3 Å². The zero-order valence-corrected chi connectivity index (χ0v) is 16.3. The Morgan fingerprint density at radius 1 is 1.31 bits per heavy atom. The van der Waals surface area contributed by atoms with E-state index >= 15 is 0 Å². The third kappa shape index (κ3) is 4.88. The highest BCUT2D eigenvalue weighted by Gasteiger charge is 2.33. The molecule has 2 aromatic carbocycles. The van der Waals surface area contributed by atoms with Crippen molar-refractivity contribution in [2.24, 2.45) is 5.73 Å². The molecule has 2 unspecified atom stereocenters. The van der Waals surface area contributed by atoms with Crippen molar-refractivity contribution < 1.29 is 14.6 Å². The minimum atomic E-state index is -0.497. The molecule has 26 heavy (non-hydrogen) atoms. The highest BCUT2D eigenvalue weighted by Crippen LogP contribution is 2.38. The zero-order chi connectivity index (χ0) is 19.3. The molecule has 0 bridgehead atoms. The molecule has 4 N–H and O–H groups in total. The number of ether oxygens (including phenoxy) is 1. The summed E-state index contributed by atoms with van der Waals surface area (Å²) < 4.78 is 5.96. The maximum absolute atomic E-state index is 8.36. The van der Waals surface area contributed by atoms with Crippen LogP contribution in [0.2, 0.25) is 15.1 Å².